The molecule has 0 heterocycles. The number of ether oxygens (including phenoxy) is 2. The monoisotopic (exact) mass is 600 g/mol. The molecule has 0 aliphatic heterocycles. The number of aryl methyl sites for hydroxylation is 1. The first-order chi connectivity index (χ1) is 20.3. The van der Waals surface area contributed by atoms with E-state index in [1.807, 2.05) is 19.1 Å². The maximum Gasteiger partial charge on any atom is 0.264 e. The van der Waals surface area contributed by atoms with Crippen molar-refractivity contribution in [1.29, 1.82) is 0 Å². The Morgan fingerprint density at radius 3 is 2.05 bits per heavy atom. The molecule has 0 atom stereocenters. The smallest absolute Gasteiger partial charge is 0.264 e. The highest BCUT2D eigenvalue weighted by Crippen LogP contribution is 2.32. The minimum Gasteiger partial charge on any atom is -0.493 e. The van der Waals surface area contributed by atoms with E-state index < -0.39 is 22.5 Å². The van der Waals surface area contributed by atoms with Gasteiger partial charge in [0.1, 0.15) is 6.54 Å². The molecule has 0 spiro atoms. The predicted molar refractivity (Wildman–Crippen MR) is 169 cm³/mol. The van der Waals surface area contributed by atoms with Gasteiger partial charge in [-0.15, -0.1) is 0 Å². The van der Waals surface area contributed by atoms with Gasteiger partial charge in [0, 0.05) is 22.9 Å². The molecule has 4 aromatic rings. The van der Waals surface area contributed by atoms with E-state index in [1.165, 1.54) is 32.4 Å². The summed E-state index contributed by atoms with van der Waals surface area (Å²) in [5.74, 6) is -0.148. The zero-order valence-electron chi connectivity index (χ0n) is 25.2. The van der Waals surface area contributed by atoms with Crippen molar-refractivity contribution >= 4 is 33.1 Å². The molecule has 0 saturated heterocycles. The molecule has 224 valence electrons. The maximum absolute atomic E-state index is 13.9. The number of hydrogen-bond donors (Lipinski definition) is 1. The SMILES string of the molecule is COc1ccc(S(=O)(=O)N(CC(=O)Nc2cccc(C(=O)c3ccc(C(C)(C)C)cc3)c2)c2ccc(C)cc2)cc1OC. The number of sulfonamides is 1. The Bertz CT molecular complexity index is 1720. The average Bonchev–Trinajstić information content (AvgIpc) is 2.99. The summed E-state index contributed by atoms with van der Waals surface area (Å²) < 4.78 is 39.3. The van der Waals surface area contributed by atoms with Gasteiger partial charge in [0.15, 0.2) is 17.3 Å². The number of nitrogens with zero attached hydrogens (tertiary/aromatic N) is 1. The number of hydrogen-bond acceptors (Lipinski definition) is 6. The Balaban J connectivity index is 1.59. The highest BCUT2D eigenvalue weighted by atomic mass is 32.2. The molecule has 0 aromatic heterocycles. The highest BCUT2D eigenvalue weighted by molar-refractivity contribution is 7.92. The average molecular weight is 601 g/mol. The first-order valence-electron chi connectivity index (χ1n) is 13.7. The molecular formula is C34H36N2O6S. The molecule has 0 aliphatic rings. The van der Waals surface area contributed by atoms with Crippen LogP contribution >= 0.6 is 0 Å². The third-order valence-electron chi connectivity index (χ3n) is 6.97. The van der Waals surface area contributed by atoms with Gasteiger partial charge in [0.2, 0.25) is 5.91 Å². The second-order valence-corrected chi connectivity index (χ2v) is 13.0. The number of amides is 1. The molecule has 4 aromatic carbocycles. The fourth-order valence-corrected chi connectivity index (χ4v) is 5.92. The number of rotatable bonds is 10. The van der Waals surface area contributed by atoms with E-state index in [0.29, 0.717) is 28.3 Å². The van der Waals surface area contributed by atoms with Crippen molar-refractivity contribution in [3.05, 3.63) is 113 Å². The number of methoxy groups -OCH3 is 2. The molecule has 43 heavy (non-hydrogen) atoms. The van der Waals surface area contributed by atoms with Crippen LogP contribution in [0.2, 0.25) is 0 Å². The van der Waals surface area contributed by atoms with Gasteiger partial charge >= 0.3 is 0 Å². The Hall–Kier alpha value is -4.63. The number of carbonyl (C=O) groups excluding carboxylic acids is 2. The van der Waals surface area contributed by atoms with Crippen LogP contribution in [0.4, 0.5) is 11.4 Å². The lowest BCUT2D eigenvalue weighted by atomic mass is 9.86. The van der Waals surface area contributed by atoms with E-state index in [0.717, 1.165) is 15.4 Å². The Morgan fingerprint density at radius 2 is 1.44 bits per heavy atom. The van der Waals surface area contributed by atoms with Crippen molar-refractivity contribution in [2.75, 3.05) is 30.4 Å². The zero-order chi connectivity index (χ0) is 31.4. The number of nitrogens with one attached hydrogen (secondary N) is 1. The van der Waals surface area contributed by atoms with Crippen LogP contribution in [0.15, 0.2) is 95.9 Å². The van der Waals surface area contributed by atoms with Crippen LogP contribution in [0, 0.1) is 6.92 Å². The fraction of sp³-hybridized carbons (Fsp3) is 0.235. The second-order valence-electron chi connectivity index (χ2n) is 11.1. The molecule has 0 aliphatic carbocycles. The van der Waals surface area contributed by atoms with Gasteiger partial charge in [-0.3, -0.25) is 13.9 Å². The number of anilines is 2. The summed E-state index contributed by atoms with van der Waals surface area (Å²) in [5.41, 5.74) is 3.63. The maximum atomic E-state index is 13.9. The molecule has 0 radical (unpaired) electrons. The number of ketones is 1. The van der Waals surface area contributed by atoms with E-state index in [4.69, 9.17) is 9.47 Å². The Kier molecular flexibility index (Phi) is 9.25. The molecular weight excluding hydrogens is 564 g/mol. The molecule has 0 unspecified atom stereocenters. The van der Waals surface area contributed by atoms with Crippen molar-refractivity contribution in [3.63, 3.8) is 0 Å². The summed E-state index contributed by atoms with van der Waals surface area (Å²) in [7, 11) is -1.33. The second kappa shape index (κ2) is 12.7. The van der Waals surface area contributed by atoms with E-state index in [-0.39, 0.29) is 21.8 Å². The largest absolute Gasteiger partial charge is 0.493 e. The fourth-order valence-electron chi connectivity index (χ4n) is 4.49. The third kappa shape index (κ3) is 7.24. The normalized spacial score (nSPS) is 11.5. The standard InChI is InChI=1S/C34H36N2O6S/c1-23-10-16-28(17-11-23)36(43(39,40)29-18-19-30(41-5)31(21-29)42-6)22-32(37)35-27-9-7-8-25(20-27)33(38)24-12-14-26(15-13-24)34(2,3)4/h7-21H,22H2,1-6H3,(H,35,37). The molecule has 1 amide bonds. The Labute approximate surface area is 253 Å². The van der Waals surface area contributed by atoms with Gasteiger partial charge in [0.25, 0.3) is 10.0 Å². The van der Waals surface area contributed by atoms with Crippen LogP contribution in [0.25, 0.3) is 0 Å². The molecule has 8 nitrogen and oxygen atoms in total. The van der Waals surface area contributed by atoms with E-state index in [1.54, 1.807) is 60.7 Å². The molecule has 1 N–H and O–H groups in total. The topological polar surface area (TPSA) is 102 Å². The molecule has 0 bridgehead atoms. The quantitative estimate of drug-likeness (QED) is 0.212. The van der Waals surface area contributed by atoms with Gasteiger partial charge in [-0.1, -0.05) is 74.9 Å². The third-order valence-corrected chi connectivity index (χ3v) is 8.74. The van der Waals surface area contributed by atoms with E-state index in [2.05, 4.69) is 26.1 Å². The summed E-state index contributed by atoms with van der Waals surface area (Å²) >= 11 is 0. The summed E-state index contributed by atoms with van der Waals surface area (Å²) in [5, 5.41) is 2.75. The first kappa shape index (κ1) is 31.3. The van der Waals surface area contributed by atoms with Gasteiger partial charge < -0.3 is 14.8 Å². The van der Waals surface area contributed by atoms with Gasteiger partial charge in [-0.25, -0.2) is 8.42 Å². The predicted octanol–water partition coefficient (Wildman–Crippen LogP) is 6.37. The van der Waals surface area contributed by atoms with Crippen LogP contribution in [0.3, 0.4) is 0 Å². The molecule has 4 rings (SSSR count). The van der Waals surface area contributed by atoms with Gasteiger partial charge in [0.05, 0.1) is 24.8 Å². The lowest BCUT2D eigenvalue weighted by Gasteiger charge is -2.24. The van der Waals surface area contributed by atoms with E-state index >= 15 is 0 Å². The zero-order valence-corrected chi connectivity index (χ0v) is 26.0. The van der Waals surface area contributed by atoms with Gasteiger partial charge in [-0.05, 0) is 54.3 Å². The summed E-state index contributed by atoms with van der Waals surface area (Å²) in [6.45, 7) is 7.70. The minimum absolute atomic E-state index is 0.0365. The van der Waals surface area contributed by atoms with Crippen molar-refractivity contribution in [3.8, 4) is 11.5 Å². The summed E-state index contributed by atoms with van der Waals surface area (Å²) in [6.07, 6.45) is 0. The van der Waals surface area contributed by atoms with Crippen molar-refractivity contribution in [2.24, 2.45) is 0 Å². The minimum atomic E-state index is -4.20. The van der Waals surface area contributed by atoms with E-state index in [9.17, 15) is 18.0 Å². The summed E-state index contributed by atoms with van der Waals surface area (Å²) in [6, 6.07) is 25.1. The lowest BCUT2D eigenvalue weighted by molar-refractivity contribution is -0.114. The first-order valence-corrected chi connectivity index (χ1v) is 15.1. The highest BCUT2D eigenvalue weighted by Gasteiger charge is 2.28. The van der Waals surface area contributed by atoms with Crippen molar-refractivity contribution < 1.29 is 27.5 Å². The molecule has 0 saturated carbocycles. The van der Waals surface area contributed by atoms with Crippen LogP contribution in [-0.2, 0) is 20.2 Å². The van der Waals surface area contributed by atoms with Gasteiger partial charge in [-0.2, -0.15) is 0 Å². The Morgan fingerprint density at radius 1 is 0.791 bits per heavy atom. The summed E-state index contributed by atoms with van der Waals surface area (Å²) in [4.78, 5) is 26.4. The number of carbonyl (C=O) groups is 2. The van der Waals surface area contributed by atoms with Crippen LogP contribution in [-0.4, -0.2) is 40.9 Å². The van der Waals surface area contributed by atoms with Crippen molar-refractivity contribution in [2.45, 2.75) is 38.0 Å². The number of benzene rings is 4. The van der Waals surface area contributed by atoms with Crippen LogP contribution in [0.5, 0.6) is 11.5 Å². The van der Waals surface area contributed by atoms with Crippen LogP contribution < -0.4 is 19.1 Å². The van der Waals surface area contributed by atoms with Crippen molar-refractivity contribution in [1.82, 2.24) is 0 Å². The molecule has 9 heteroatoms. The molecule has 0 fully saturated rings. The lowest BCUT2D eigenvalue weighted by Crippen LogP contribution is -2.38. The van der Waals surface area contributed by atoms with Crippen LogP contribution in [0.1, 0.15) is 47.8 Å².